The van der Waals surface area contributed by atoms with Crippen LogP contribution in [0, 0.1) is 11.8 Å². The molecular formula is C23H37N5O5S. The Morgan fingerprint density at radius 2 is 1.91 bits per heavy atom. The standard InChI is InChI=1S/C23H37N5O5S/c1-8-10-19(29)33-13-28(22(30)20(26-27-24)15(5)9-2)18(14(3)4)11-16(6)21-25-17(12-34-21)23(31)32-7/h12,14-16,18,20H,8-11,13H2,1-7H3/t15?,16-,18-,20?/m1/s1. The molecule has 1 heterocycles. The Bertz CT molecular complexity index is 868. The zero-order chi connectivity index (χ0) is 25.8. The molecule has 0 aliphatic rings. The van der Waals surface area contributed by atoms with Crippen molar-refractivity contribution in [2.75, 3.05) is 13.8 Å². The third-order valence-corrected chi connectivity index (χ3v) is 6.89. The van der Waals surface area contributed by atoms with Crippen LogP contribution < -0.4 is 0 Å². The average Bonchev–Trinajstić information content (AvgIpc) is 3.31. The topological polar surface area (TPSA) is 135 Å². The smallest absolute Gasteiger partial charge is 0.357 e. The van der Waals surface area contributed by atoms with Crippen molar-refractivity contribution in [1.29, 1.82) is 0 Å². The van der Waals surface area contributed by atoms with E-state index in [4.69, 9.17) is 15.0 Å². The number of azide groups is 1. The molecule has 0 aliphatic heterocycles. The molecule has 190 valence electrons. The van der Waals surface area contributed by atoms with E-state index in [-0.39, 0.29) is 54.5 Å². The minimum Gasteiger partial charge on any atom is -0.464 e. The first-order chi connectivity index (χ1) is 16.1. The SMILES string of the molecule is CCCC(=O)OCN(C(=O)C(N=[N+]=[N-])C(C)CC)[C@H](C[C@@H](C)c1nc(C(=O)OC)cs1)C(C)C. The van der Waals surface area contributed by atoms with Gasteiger partial charge in [-0.1, -0.05) is 53.1 Å². The number of thiazole rings is 1. The molecule has 34 heavy (non-hydrogen) atoms. The van der Waals surface area contributed by atoms with Crippen LogP contribution in [0.4, 0.5) is 0 Å². The maximum absolute atomic E-state index is 13.6. The van der Waals surface area contributed by atoms with Crippen LogP contribution in [0.2, 0.25) is 0 Å². The van der Waals surface area contributed by atoms with Gasteiger partial charge < -0.3 is 14.4 Å². The number of rotatable bonds is 14. The summed E-state index contributed by atoms with van der Waals surface area (Å²) in [5.41, 5.74) is 9.31. The fourth-order valence-electron chi connectivity index (χ4n) is 3.53. The van der Waals surface area contributed by atoms with Gasteiger partial charge in [-0.2, -0.15) is 0 Å². The second-order valence-electron chi connectivity index (χ2n) is 8.75. The summed E-state index contributed by atoms with van der Waals surface area (Å²) in [6.45, 7) is 11.4. The molecule has 0 aliphatic carbocycles. The number of ether oxygens (including phenoxy) is 2. The number of hydrogen-bond donors (Lipinski definition) is 0. The van der Waals surface area contributed by atoms with Crippen molar-refractivity contribution in [3.05, 3.63) is 26.5 Å². The third-order valence-electron chi connectivity index (χ3n) is 5.82. The van der Waals surface area contributed by atoms with Crippen LogP contribution in [-0.2, 0) is 19.1 Å². The Hall–Kier alpha value is -2.65. The van der Waals surface area contributed by atoms with Crippen LogP contribution in [0.5, 0.6) is 0 Å². The predicted octanol–water partition coefficient (Wildman–Crippen LogP) is 5.30. The molecule has 1 rings (SSSR count). The van der Waals surface area contributed by atoms with Crippen molar-refractivity contribution >= 4 is 29.2 Å². The lowest BCUT2D eigenvalue weighted by molar-refractivity contribution is -0.157. The molecule has 11 heteroatoms. The Balaban J connectivity index is 3.26. The first-order valence-electron chi connectivity index (χ1n) is 11.6. The van der Waals surface area contributed by atoms with Gasteiger partial charge in [0, 0.05) is 28.7 Å². The van der Waals surface area contributed by atoms with E-state index in [1.807, 2.05) is 41.5 Å². The molecule has 0 saturated heterocycles. The highest BCUT2D eigenvalue weighted by molar-refractivity contribution is 7.09. The Kier molecular flexibility index (Phi) is 12.6. The third kappa shape index (κ3) is 8.29. The Labute approximate surface area is 205 Å². The normalized spacial score (nSPS) is 14.5. The fourth-order valence-corrected chi connectivity index (χ4v) is 4.39. The summed E-state index contributed by atoms with van der Waals surface area (Å²) < 4.78 is 10.2. The summed E-state index contributed by atoms with van der Waals surface area (Å²) in [6.07, 6.45) is 2.06. The number of aromatic nitrogens is 1. The number of methoxy groups -OCH3 is 1. The maximum Gasteiger partial charge on any atom is 0.357 e. The van der Waals surface area contributed by atoms with Crippen molar-refractivity contribution in [1.82, 2.24) is 9.88 Å². The molecule has 10 nitrogen and oxygen atoms in total. The Morgan fingerprint density at radius 3 is 2.44 bits per heavy atom. The van der Waals surface area contributed by atoms with Crippen molar-refractivity contribution < 1.29 is 23.9 Å². The number of amides is 1. The van der Waals surface area contributed by atoms with Gasteiger partial charge in [-0.25, -0.2) is 9.78 Å². The van der Waals surface area contributed by atoms with E-state index in [0.29, 0.717) is 19.3 Å². The van der Waals surface area contributed by atoms with Gasteiger partial charge in [0.15, 0.2) is 12.4 Å². The van der Waals surface area contributed by atoms with Gasteiger partial charge in [-0.05, 0) is 30.2 Å². The van der Waals surface area contributed by atoms with Crippen LogP contribution in [0.3, 0.4) is 0 Å². The van der Waals surface area contributed by atoms with Gasteiger partial charge in [0.2, 0.25) is 5.91 Å². The fraction of sp³-hybridized carbons (Fsp3) is 0.739. The van der Waals surface area contributed by atoms with Gasteiger partial charge in [-0.15, -0.1) is 11.3 Å². The molecule has 2 unspecified atom stereocenters. The van der Waals surface area contributed by atoms with E-state index >= 15 is 0 Å². The molecule has 0 bridgehead atoms. The molecule has 1 aromatic rings. The minimum atomic E-state index is -0.901. The first-order valence-corrected chi connectivity index (χ1v) is 12.5. The number of esters is 2. The van der Waals surface area contributed by atoms with E-state index < -0.39 is 12.0 Å². The molecule has 0 saturated carbocycles. The van der Waals surface area contributed by atoms with Crippen molar-refractivity contribution in [3.8, 4) is 0 Å². The average molecular weight is 496 g/mol. The highest BCUT2D eigenvalue weighted by atomic mass is 32.1. The number of nitrogens with zero attached hydrogens (tertiary/aromatic N) is 5. The molecular weight excluding hydrogens is 458 g/mol. The van der Waals surface area contributed by atoms with Gasteiger partial charge in [0.25, 0.3) is 0 Å². The summed E-state index contributed by atoms with van der Waals surface area (Å²) in [4.78, 5) is 46.3. The number of carbonyl (C=O) groups is 3. The Morgan fingerprint density at radius 1 is 1.24 bits per heavy atom. The van der Waals surface area contributed by atoms with Gasteiger partial charge >= 0.3 is 11.9 Å². The van der Waals surface area contributed by atoms with Gasteiger partial charge in [0.05, 0.1) is 12.1 Å². The predicted molar refractivity (Wildman–Crippen MR) is 130 cm³/mol. The summed E-state index contributed by atoms with van der Waals surface area (Å²) in [5.74, 6) is -1.50. The van der Waals surface area contributed by atoms with Gasteiger partial charge in [0.1, 0.15) is 6.04 Å². The second-order valence-corrected chi connectivity index (χ2v) is 9.64. The number of carbonyl (C=O) groups excluding carboxylic acids is 3. The summed E-state index contributed by atoms with van der Waals surface area (Å²) >= 11 is 1.36. The van der Waals surface area contributed by atoms with Gasteiger partial charge in [-0.3, -0.25) is 9.59 Å². The molecule has 0 spiro atoms. The largest absolute Gasteiger partial charge is 0.464 e. The van der Waals surface area contributed by atoms with Crippen LogP contribution >= 0.6 is 11.3 Å². The van der Waals surface area contributed by atoms with Crippen molar-refractivity contribution in [2.45, 2.75) is 85.2 Å². The summed E-state index contributed by atoms with van der Waals surface area (Å²) in [5, 5.41) is 6.17. The molecule has 0 N–H and O–H groups in total. The molecule has 0 fully saturated rings. The van der Waals surface area contributed by atoms with E-state index in [1.54, 1.807) is 5.38 Å². The van der Waals surface area contributed by atoms with Crippen LogP contribution in [0.25, 0.3) is 10.4 Å². The van der Waals surface area contributed by atoms with Crippen molar-refractivity contribution in [2.24, 2.45) is 17.0 Å². The molecule has 0 aromatic carbocycles. The highest BCUT2D eigenvalue weighted by Gasteiger charge is 2.35. The van der Waals surface area contributed by atoms with Crippen LogP contribution in [0.15, 0.2) is 10.5 Å². The lowest BCUT2D eigenvalue weighted by atomic mass is 9.91. The second kappa shape index (κ2) is 14.6. The highest BCUT2D eigenvalue weighted by Crippen LogP contribution is 2.30. The summed E-state index contributed by atoms with van der Waals surface area (Å²) in [6, 6.07) is -1.22. The monoisotopic (exact) mass is 495 g/mol. The van der Waals surface area contributed by atoms with Crippen LogP contribution in [0.1, 0.15) is 88.6 Å². The molecule has 4 atom stereocenters. The molecule has 1 aromatic heterocycles. The van der Waals surface area contributed by atoms with Crippen LogP contribution in [-0.4, -0.2) is 53.7 Å². The number of hydrogen-bond acceptors (Lipinski definition) is 8. The maximum atomic E-state index is 13.6. The molecule has 0 radical (unpaired) electrons. The minimum absolute atomic E-state index is 0.0139. The lowest BCUT2D eigenvalue weighted by Gasteiger charge is -2.37. The van der Waals surface area contributed by atoms with Crippen molar-refractivity contribution in [3.63, 3.8) is 0 Å². The lowest BCUT2D eigenvalue weighted by Crippen LogP contribution is -2.50. The summed E-state index contributed by atoms with van der Waals surface area (Å²) in [7, 11) is 1.31. The van der Waals surface area contributed by atoms with E-state index in [0.717, 1.165) is 5.01 Å². The van der Waals surface area contributed by atoms with E-state index in [1.165, 1.54) is 23.3 Å². The zero-order valence-electron chi connectivity index (χ0n) is 21.2. The van der Waals surface area contributed by atoms with E-state index in [9.17, 15) is 14.4 Å². The molecule has 1 amide bonds. The zero-order valence-corrected chi connectivity index (χ0v) is 22.0. The quantitative estimate of drug-likeness (QED) is 0.113. The van der Waals surface area contributed by atoms with E-state index in [2.05, 4.69) is 15.0 Å². The first kappa shape index (κ1) is 29.4.